The van der Waals surface area contributed by atoms with Crippen molar-refractivity contribution in [1.29, 1.82) is 0 Å². The van der Waals surface area contributed by atoms with E-state index in [0.29, 0.717) is 32.3 Å². The van der Waals surface area contributed by atoms with Gasteiger partial charge < -0.3 is 15.0 Å². The van der Waals surface area contributed by atoms with Gasteiger partial charge in [-0.2, -0.15) is 0 Å². The summed E-state index contributed by atoms with van der Waals surface area (Å²) in [6.45, 7) is 6.78. The lowest BCUT2D eigenvalue weighted by Gasteiger charge is -2.22. The monoisotopic (exact) mass is 381 g/mol. The molecule has 0 bridgehead atoms. The normalized spacial score (nSPS) is 19.0. The van der Waals surface area contributed by atoms with E-state index in [-0.39, 0.29) is 11.9 Å². The van der Waals surface area contributed by atoms with Crippen molar-refractivity contribution >= 4 is 11.6 Å². The van der Waals surface area contributed by atoms with Gasteiger partial charge in [0, 0.05) is 37.2 Å². The smallest absolute Gasteiger partial charge is 0.317 e. The molecule has 1 atom stereocenters. The minimum atomic E-state index is -0.00938. The predicted octanol–water partition coefficient (Wildman–Crippen LogP) is 3.22. The first kappa shape index (κ1) is 18.5. The minimum Gasteiger partial charge on any atom is -0.493 e. The van der Waals surface area contributed by atoms with Gasteiger partial charge in [0.1, 0.15) is 11.4 Å². The van der Waals surface area contributed by atoms with Crippen LogP contribution in [0.3, 0.4) is 0 Å². The van der Waals surface area contributed by atoms with Crippen LogP contribution in [0.2, 0.25) is 0 Å². The number of hydrogen-bond acceptors (Lipinski definition) is 4. The van der Waals surface area contributed by atoms with Gasteiger partial charge >= 0.3 is 6.03 Å². The van der Waals surface area contributed by atoms with E-state index in [1.807, 2.05) is 34.0 Å². The summed E-state index contributed by atoms with van der Waals surface area (Å²) in [6.07, 6.45) is 5.79. The molecule has 0 saturated carbocycles. The van der Waals surface area contributed by atoms with Crippen LogP contribution in [0.15, 0.2) is 36.5 Å². The topological polar surface area (TPSA) is 72.3 Å². The fourth-order valence-corrected chi connectivity index (χ4v) is 3.70. The van der Waals surface area contributed by atoms with Gasteiger partial charge in [0.05, 0.1) is 12.8 Å². The summed E-state index contributed by atoms with van der Waals surface area (Å²) < 4.78 is 7.57. The van der Waals surface area contributed by atoms with Gasteiger partial charge in [-0.05, 0) is 38.3 Å². The Morgan fingerprint density at radius 2 is 2.18 bits per heavy atom. The van der Waals surface area contributed by atoms with Gasteiger partial charge in [-0.25, -0.2) is 9.48 Å². The molecule has 1 N–H and O–H groups in total. The van der Waals surface area contributed by atoms with Crippen LogP contribution in [0, 0.1) is 0 Å². The number of aromatic nitrogens is 3. The molecule has 2 aliphatic heterocycles. The molecule has 2 amide bonds. The van der Waals surface area contributed by atoms with E-state index >= 15 is 0 Å². The second kappa shape index (κ2) is 8.04. The van der Waals surface area contributed by atoms with Crippen LogP contribution in [-0.2, 0) is 0 Å². The molecular formula is C21H27N5O2. The number of carbonyl (C=O) groups is 1. The van der Waals surface area contributed by atoms with Crippen LogP contribution in [0.25, 0.3) is 5.57 Å². The Labute approximate surface area is 165 Å². The van der Waals surface area contributed by atoms with E-state index in [2.05, 4.69) is 41.6 Å². The first-order valence-electron chi connectivity index (χ1n) is 9.97. The Morgan fingerprint density at radius 1 is 1.32 bits per heavy atom. The van der Waals surface area contributed by atoms with Crippen molar-refractivity contribution in [2.75, 3.05) is 26.2 Å². The standard InChI is InChI=1S/C21H27N5O2/c1-15(2)26-13-19(23-24-26)16-6-5-10-25(11-9-16)21(27)22-12-17-14-28-20-8-4-3-7-18(17)20/h3-4,6-8,13,15,17H,5,9-12,14H2,1-2H3,(H,22,27). The van der Waals surface area contributed by atoms with Gasteiger partial charge in [-0.3, -0.25) is 0 Å². The van der Waals surface area contributed by atoms with Gasteiger partial charge in [-0.15, -0.1) is 5.10 Å². The highest BCUT2D eigenvalue weighted by atomic mass is 16.5. The van der Waals surface area contributed by atoms with E-state index in [1.54, 1.807) is 0 Å². The molecule has 1 unspecified atom stereocenters. The highest BCUT2D eigenvalue weighted by Gasteiger charge is 2.25. The molecule has 0 saturated heterocycles. The van der Waals surface area contributed by atoms with Crippen molar-refractivity contribution in [3.05, 3.63) is 47.8 Å². The molecule has 0 radical (unpaired) electrons. The summed E-state index contributed by atoms with van der Waals surface area (Å²) in [6, 6.07) is 8.32. The van der Waals surface area contributed by atoms with Crippen molar-refractivity contribution in [1.82, 2.24) is 25.2 Å². The minimum absolute atomic E-state index is 0.00938. The second-order valence-electron chi connectivity index (χ2n) is 7.66. The van der Waals surface area contributed by atoms with Crippen LogP contribution < -0.4 is 10.1 Å². The van der Waals surface area contributed by atoms with Crippen molar-refractivity contribution < 1.29 is 9.53 Å². The zero-order valence-corrected chi connectivity index (χ0v) is 16.5. The average Bonchev–Trinajstić information content (AvgIpc) is 3.28. The quantitative estimate of drug-likeness (QED) is 0.883. The fraction of sp³-hybridized carbons (Fsp3) is 0.476. The third-order valence-electron chi connectivity index (χ3n) is 5.39. The van der Waals surface area contributed by atoms with Crippen molar-refractivity contribution in [2.24, 2.45) is 0 Å². The lowest BCUT2D eigenvalue weighted by molar-refractivity contribution is 0.199. The predicted molar refractivity (Wildman–Crippen MR) is 107 cm³/mol. The Morgan fingerprint density at radius 3 is 3.00 bits per heavy atom. The lowest BCUT2D eigenvalue weighted by atomic mass is 10.0. The Bertz CT molecular complexity index is 873. The highest BCUT2D eigenvalue weighted by molar-refractivity contribution is 5.75. The number of ether oxygens (including phenoxy) is 1. The van der Waals surface area contributed by atoms with Crippen LogP contribution in [0.4, 0.5) is 4.79 Å². The number of hydrogen-bond donors (Lipinski definition) is 1. The van der Waals surface area contributed by atoms with Gasteiger partial charge in [0.15, 0.2) is 0 Å². The number of nitrogens with zero attached hydrogens (tertiary/aromatic N) is 4. The number of fused-ring (bicyclic) bond motifs is 1. The molecule has 28 heavy (non-hydrogen) atoms. The molecule has 7 heteroatoms. The number of carbonyl (C=O) groups excluding carboxylic acids is 1. The lowest BCUT2D eigenvalue weighted by Crippen LogP contribution is -2.42. The number of para-hydroxylation sites is 1. The molecule has 0 aliphatic carbocycles. The van der Waals surface area contributed by atoms with E-state index in [9.17, 15) is 4.79 Å². The Kier molecular flexibility index (Phi) is 5.32. The molecule has 148 valence electrons. The van der Waals surface area contributed by atoms with E-state index in [4.69, 9.17) is 4.74 Å². The molecule has 2 aliphatic rings. The van der Waals surface area contributed by atoms with Crippen molar-refractivity contribution in [2.45, 2.75) is 38.6 Å². The number of rotatable bonds is 4. The molecule has 4 rings (SSSR count). The van der Waals surface area contributed by atoms with E-state index in [1.165, 1.54) is 11.1 Å². The summed E-state index contributed by atoms with van der Waals surface area (Å²) in [5.74, 6) is 1.15. The Balaban J connectivity index is 1.31. The molecule has 1 aromatic heterocycles. The molecule has 1 aromatic carbocycles. The van der Waals surface area contributed by atoms with E-state index in [0.717, 1.165) is 24.3 Å². The summed E-state index contributed by atoms with van der Waals surface area (Å²) in [4.78, 5) is 14.6. The summed E-state index contributed by atoms with van der Waals surface area (Å²) >= 11 is 0. The summed E-state index contributed by atoms with van der Waals surface area (Å²) in [5, 5.41) is 11.6. The summed E-state index contributed by atoms with van der Waals surface area (Å²) in [7, 11) is 0. The maximum atomic E-state index is 12.7. The van der Waals surface area contributed by atoms with Crippen molar-refractivity contribution in [3.8, 4) is 5.75 Å². The fourth-order valence-electron chi connectivity index (χ4n) is 3.70. The highest BCUT2D eigenvalue weighted by Crippen LogP contribution is 2.32. The average molecular weight is 381 g/mol. The Hall–Kier alpha value is -2.83. The van der Waals surface area contributed by atoms with Crippen LogP contribution in [0.5, 0.6) is 5.75 Å². The molecule has 2 aromatic rings. The maximum absolute atomic E-state index is 12.7. The molecular weight excluding hydrogens is 354 g/mol. The SMILES string of the molecule is CC(C)n1cc(C2=CCCN(C(=O)NCC3COc4ccccc43)CC2)nn1. The van der Waals surface area contributed by atoms with Gasteiger partial charge in [0.25, 0.3) is 0 Å². The third-order valence-corrected chi connectivity index (χ3v) is 5.39. The van der Waals surface area contributed by atoms with Crippen LogP contribution >= 0.6 is 0 Å². The van der Waals surface area contributed by atoms with Gasteiger partial charge in [0.2, 0.25) is 0 Å². The molecule has 7 nitrogen and oxygen atoms in total. The zero-order chi connectivity index (χ0) is 19.5. The van der Waals surface area contributed by atoms with Crippen LogP contribution in [-0.4, -0.2) is 52.2 Å². The summed E-state index contributed by atoms with van der Waals surface area (Å²) in [5.41, 5.74) is 3.26. The van der Waals surface area contributed by atoms with Gasteiger partial charge in [-0.1, -0.05) is 29.5 Å². The molecule has 3 heterocycles. The van der Waals surface area contributed by atoms with Crippen molar-refractivity contribution in [3.63, 3.8) is 0 Å². The maximum Gasteiger partial charge on any atom is 0.317 e. The number of amides is 2. The first-order chi connectivity index (χ1) is 13.6. The zero-order valence-electron chi connectivity index (χ0n) is 16.5. The molecule has 0 fully saturated rings. The first-order valence-corrected chi connectivity index (χ1v) is 9.97. The second-order valence-corrected chi connectivity index (χ2v) is 7.66. The third kappa shape index (κ3) is 3.88. The molecule has 0 spiro atoms. The largest absolute Gasteiger partial charge is 0.493 e. The van der Waals surface area contributed by atoms with Crippen LogP contribution in [0.1, 0.15) is 49.9 Å². The van der Waals surface area contributed by atoms with E-state index < -0.39 is 0 Å². The number of urea groups is 1. The number of benzene rings is 1. The number of nitrogens with one attached hydrogen (secondary N) is 1.